The monoisotopic (exact) mass is 364 g/mol. The summed E-state index contributed by atoms with van der Waals surface area (Å²) in [6.45, 7) is 0. The highest BCUT2D eigenvalue weighted by atomic mass is 19.1. The van der Waals surface area contributed by atoms with Crippen LogP contribution in [0.1, 0.15) is 27.0 Å². The van der Waals surface area contributed by atoms with Crippen LogP contribution in [0.4, 0.5) is 8.78 Å². The second kappa shape index (κ2) is 8.85. The summed E-state index contributed by atoms with van der Waals surface area (Å²) in [5.74, 6) is -1.58. The van der Waals surface area contributed by atoms with Crippen LogP contribution >= 0.6 is 0 Å². The van der Waals surface area contributed by atoms with E-state index in [1.165, 1.54) is 5.56 Å². The van der Waals surface area contributed by atoms with E-state index in [0.717, 1.165) is 36.4 Å². The summed E-state index contributed by atoms with van der Waals surface area (Å²) in [7, 11) is 0. The van der Waals surface area contributed by atoms with Crippen LogP contribution in [0.25, 0.3) is 0 Å². The zero-order valence-corrected chi connectivity index (χ0v) is 14.5. The second-order valence-electron chi connectivity index (χ2n) is 6.01. The normalized spacial score (nSPS) is 10.9. The van der Waals surface area contributed by atoms with E-state index in [0.29, 0.717) is 12.0 Å². The lowest BCUT2D eigenvalue weighted by Crippen LogP contribution is -2.19. The Hall–Kier alpha value is -3.34. The van der Waals surface area contributed by atoms with Crippen molar-refractivity contribution in [2.45, 2.75) is 12.8 Å². The fraction of sp³-hybridized carbons (Fsp3) is 0.0909. The first kappa shape index (κ1) is 18.5. The summed E-state index contributed by atoms with van der Waals surface area (Å²) in [6.07, 6.45) is 2.60. The first-order chi connectivity index (χ1) is 13.1. The molecule has 0 aliphatic heterocycles. The van der Waals surface area contributed by atoms with Gasteiger partial charge in [-0.15, -0.1) is 0 Å². The summed E-state index contributed by atoms with van der Waals surface area (Å²) >= 11 is 0. The lowest BCUT2D eigenvalue weighted by molar-refractivity contribution is 0.0954. The molecule has 0 heterocycles. The number of aryl methyl sites for hydroxylation is 2. The van der Waals surface area contributed by atoms with Crippen molar-refractivity contribution in [3.63, 3.8) is 0 Å². The SMILES string of the molecule is O=C(N/N=C/c1cc(F)ccc1F)c1ccccc1CCc1ccccc1. The van der Waals surface area contributed by atoms with Crippen molar-refractivity contribution in [3.05, 3.63) is 107 Å². The van der Waals surface area contributed by atoms with Crippen LogP contribution in [0, 0.1) is 11.6 Å². The lowest BCUT2D eigenvalue weighted by atomic mass is 9.99. The summed E-state index contributed by atoms with van der Waals surface area (Å²) in [5.41, 5.74) is 4.93. The van der Waals surface area contributed by atoms with Gasteiger partial charge in [0.05, 0.1) is 6.21 Å². The Balaban J connectivity index is 1.68. The predicted octanol–water partition coefficient (Wildman–Crippen LogP) is 4.51. The number of carbonyl (C=O) groups excluding carboxylic acids is 1. The van der Waals surface area contributed by atoms with Crippen LogP contribution in [0.2, 0.25) is 0 Å². The van der Waals surface area contributed by atoms with Crippen LogP contribution < -0.4 is 5.43 Å². The van der Waals surface area contributed by atoms with Crippen molar-refractivity contribution in [1.29, 1.82) is 0 Å². The quantitative estimate of drug-likeness (QED) is 0.507. The summed E-state index contributed by atoms with van der Waals surface area (Å²) < 4.78 is 26.7. The molecule has 136 valence electrons. The molecule has 3 nitrogen and oxygen atoms in total. The number of nitrogens with zero attached hydrogens (tertiary/aromatic N) is 1. The number of hydrogen-bond donors (Lipinski definition) is 1. The van der Waals surface area contributed by atoms with Crippen molar-refractivity contribution >= 4 is 12.1 Å². The molecule has 0 saturated heterocycles. The van der Waals surface area contributed by atoms with E-state index in [9.17, 15) is 13.6 Å². The average Bonchev–Trinajstić information content (AvgIpc) is 2.70. The molecule has 0 saturated carbocycles. The minimum absolute atomic E-state index is 0.0346. The van der Waals surface area contributed by atoms with Gasteiger partial charge in [-0.3, -0.25) is 4.79 Å². The third-order valence-electron chi connectivity index (χ3n) is 4.12. The van der Waals surface area contributed by atoms with Gasteiger partial charge in [0.15, 0.2) is 0 Å². The van der Waals surface area contributed by atoms with Crippen molar-refractivity contribution in [1.82, 2.24) is 5.43 Å². The Morgan fingerprint density at radius 3 is 2.48 bits per heavy atom. The molecule has 1 N–H and O–H groups in total. The first-order valence-electron chi connectivity index (χ1n) is 8.54. The van der Waals surface area contributed by atoms with E-state index in [4.69, 9.17) is 0 Å². The molecule has 3 aromatic rings. The smallest absolute Gasteiger partial charge is 0.267 e. The Labute approximate surface area is 156 Å². The van der Waals surface area contributed by atoms with Crippen molar-refractivity contribution in [3.8, 4) is 0 Å². The molecule has 0 radical (unpaired) electrons. The average molecular weight is 364 g/mol. The number of carbonyl (C=O) groups is 1. The maximum Gasteiger partial charge on any atom is 0.271 e. The van der Waals surface area contributed by atoms with Gasteiger partial charge in [-0.25, -0.2) is 14.2 Å². The van der Waals surface area contributed by atoms with Gasteiger partial charge in [0.2, 0.25) is 0 Å². The first-order valence-corrected chi connectivity index (χ1v) is 8.54. The molecule has 0 bridgehead atoms. The summed E-state index contributed by atoms with van der Waals surface area (Å²) in [4.78, 5) is 12.4. The molecule has 0 aliphatic rings. The molecule has 0 aromatic heterocycles. The van der Waals surface area contributed by atoms with Crippen molar-refractivity contribution < 1.29 is 13.6 Å². The third-order valence-corrected chi connectivity index (χ3v) is 4.12. The minimum atomic E-state index is -0.613. The number of hydrogen-bond acceptors (Lipinski definition) is 2. The third kappa shape index (κ3) is 5.07. The number of hydrazone groups is 1. The molecule has 3 aromatic carbocycles. The lowest BCUT2D eigenvalue weighted by Gasteiger charge is -2.08. The highest BCUT2D eigenvalue weighted by Gasteiger charge is 2.10. The topological polar surface area (TPSA) is 41.5 Å². The molecule has 27 heavy (non-hydrogen) atoms. The molecule has 0 fully saturated rings. The number of amides is 1. The Morgan fingerprint density at radius 2 is 1.67 bits per heavy atom. The highest BCUT2D eigenvalue weighted by molar-refractivity contribution is 5.96. The number of benzene rings is 3. The number of halogens is 2. The van der Waals surface area contributed by atoms with Gasteiger partial charge in [0.1, 0.15) is 11.6 Å². The van der Waals surface area contributed by atoms with Gasteiger partial charge in [-0.2, -0.15) is 5.10 Å². The Kier molecular flexibility index (Phi) is 6.05. The molecular weight excluding hydrogens is 346 g/mol. The maximum atomic E-state index is 13.6. The van der Waals surface area contributed by atoms with Crippen LogP contribution in [-0.2, 0) is 12.8 Å². The number of nitrogens with one attached hydrogen (secondary N) is 1. The number of rotatable bonds is 6. The molecule has 0 aliphatic carbocycles. The summed E-state index contributed by atoms with van der Waals surface area (Å²) in [5, 5.41) is 3.75. The van der Waals surface area contributed by atoms with E-state index in [-0.39, 0.29) is 5.56 Å². The van der Waals surface area contributed by atoms with E-state index >= 15 is 0 Å². The van der Waals surface area contributed by atoms with Crippen LogP contribution in [-0.4, -0.2) is 12.1 Å². The van der Waals surface area contributed by atoms with E-state index in [1.54, 1.807) is 12.1 Å². The Morgan fingerprint density at radius 1 is 0.926 bits per heavy atom. The predicted molar refractivity (Wildman–Crippen MR) is 102 cm³/mol. The highest BCUT2D eigenvalue weighted by Crippen LogP contribution is 2.13. The van der Waals surface area contributed by atoms with E-state index < -0.39 is 17.5 Å². The second-order valence-corrected chi connectivity index (χ2v) is 6.01. The minimum Gasteiger partial charge on any atom is -0.267 e. The standard InChI is InChI=1S/C22H18F2N2O/c23-19-12-13-21(24)18(14-19)15-25-26-22(27)20-9-5-4-8-17(20)11-10-16-6-2-1-3-7-16/h1-9,12-15H,10-11H2,(H,26,27)/b25-15+. The summed E-state index contributed by atoms with van der Waals surface area (Å²) in [6, 6.07) is 20.3. The van der Waals surface area contributed by atoms with Gasteiger partial charge >= 0.3 is 0 Å². The molecule has 3 rings (SSSR count). The zero-order chi connectivity index (χ0) is 19.1. The van der Waals surface area contributed by atoms with Gasteiger partial charge in [0, 0.05) is 11.1 Å². The molecule has 1 amide bonds. The van der Waals surface area contributed by atoms with Gasteiger partial charge < -0.3 is 0 Å². The molecular formula is C22H18F2N2O. The van der Waals surface area contributed by atoms with Gasteiger partial charge in [-0.05, 0) is 48.2 Å². The van der Waals surface area contributed by atoms with Crippen LogP contribution in [0.5, 0.6) is 0 Å². The van der Waals surface area contributed by atoms with Crippen LogP contribution in [0.15, 0.2) is 77.9 Å². The fourth-order valence-corrected chi connectivity index (χ4v) is 2.72. The largest absolute Gasteiger partial charge is 0.271 e. The van der Waals surface area contributed by atoms with Crippen molar-refractivity contribution in [2.75, 3.05) is 0 Å². The molecule has 0 spiro atoms. The van der Waals surface area contributed by atoms with Gasteiger partial charge in [0.25, 0.3) is 5.91 Å². The zero-order valence-electron chi connectivity index (χ0n) is 14.5. The molecule has 5 heteroatoms. The van der Waals surface area contributed by atoms with E-state index in [1.807, 2.05) is 42.5 Å². The Bertz CT molecular complexity index is 956. The maximum absolute atomic E-state index is 13.6. The van der Waals surface area contributed by atoms with Crippen LogP contribution in [0.3, 0.4) is 0 Å². The van der Waals surface area contributed by atoms with Crippen molar-refractivity contribution in [2.24, 2.45) is 5.10 Å². The molecule has 0 atom stereocenters. The van der Waals surface area contributed by atoms with Gasteiger partial charge in [-0.1, -0.05) is 48.5 Å². The molecule has 0 unspecified atom stereocenters. The van der Waals surface area contributed by atoms with E-state index in [2.05, 4.69) is 10.5 Å². The fourth-order valence-electron chi connectivity index (χ4n) is 2.72.